The summed E-state index contributed by atoms with van der Waals surface area (Å²) in [6, 6.07) is 1.97. The second kappa shape index (κ2) is 15.6. The molecule has 38 heavy (non-hydrogen) atoms. The normalized spacial score (nSPS) is 13.3. The summed E-state index contributed by atoms with van der Waals surface area (Å²) in [5.41, 5.74) is 0. The first-order valence-electron chi connectivity index (χ1n) is 13.8. The van der Waals surface area contributed by atoms with E-state index >= 15 is 0 Å². The topological polar surface area (TPSA) is 106 Å². The number of carbonyl (C=O) groups is 3. The maximum Gasteiger partial charge on any atom is 0.275 e. The van der Waals surface area contributed by atoms with Crippen LogP contribution in [0.1, 0.15) is 12.8 Å². The highest BCUT2D eigenvalue weighted by Gasteiger charge is 2.35. The summed E-state index contributed by atoms with van der Waals surface area (Å²) < 4.78 is 14.1. The molecule has 0 atom stereocenters. The molecule has 13 heteroatoms. The number of quaternary nitrogens is 2. The fraction of sp³-hybridized carbons (Fsp3) is 0.880. The van der Waals surface area contributed by atoms with E-state index in [0.29, 0.717) is 34.8 Å². The first-order chi connectivity index (χ1) is 17.1. The van der Waals surface area contributed by atoms with Crippen LogP contribution in [-0.2, 0) is 22.9 Å². The summed E-state index contributed by atoms with van der Waals surface area (Å²) in [6.45, 7) is 15.8. The van der Waals surface area contributed by atoms with Crippen molar-refractivity contribution in [3.05, 3.63) is 0 Å². The van der Waals surface area contributed by atoms with Crippen molar-refractivity contribution in [1.29, 1.82) is 0 Å². The third-order valence-electron chi connectivity index (χ3n) is 5.96. The average molecular weight is 594 g/mol. The highest BCUT2D eigenvalue weighted by molar-refractivity contribution is 6.85. The van der Waals surface area contributed by atoms with E-state index in [2.05, 4.69) is 55.2 Å². The molecule has 0 aromatic rings. The molecule has 0 aliphatic carbocycles. The van der Waals surface area contributed by atoms with Gasteiger partial charge in [-0.15, -0.1) is 0 Å². The molecule has 3 N–H and O–H groups in total. The molecular formula is C25H59N5O5Si3+2. The zero-order valence-electron chi connectivity index (χ0n) is 26.5. The summed E-state index contributed by atoms with van der Waals surface area (Å²) >= 11 is 0. The zero-order valence-corrected chi connectivity index (χ0v) is 29.5. The van der Waals surface area contributed by atoms with E-state index in [1.807, 2.05) is 35.2 Å². The van der Waals surface area contributed by atoms with Crippen molar-refractivity contribution in [2.24, 2.45) is 0 Å². The van der Waals surface area contributed by atoms with Crippen molar-refractivity contribution >= 4 is 42.7 Å². The lowest BCUT2D eigenvalue weighted by Crippen LogP contribution is -2.52. The van der Waals surface area contributed by atoms with Crippen LogP contribution in [0, 0.1) is 0 Å². The molecule has 0 fully saturated rings. The Morgan fingerprint density at radius 3 is 1.58 bits per heavy atom. The van der Waals surface area contributed by atoms with E-state index in [-0.39, 0.29) is 30.8 Å². The molecule has 0 saturated carbocycles. The molecule has 10 nitrogen and oxygen atoms in total. The largest absolute Gasteiger partial charge is 0.454 e. The molecule has 0 spiro atoms. The Bertz CT molecular complexity index is 771. The number of hydrogen-bond acceptors (Lipinski definition) is 5. The van der Waals surface area contributed by atoms with Gasteiger partial charge < -0.3 is 33.5 Å². The molecule has 0 aromatic carbocycles. The van der Waals surface area contributed by atoms with Gasteiger partial charge in [0.05, 0.1) is 41.5 Å². The second-order valence-electron chi connectivity index (χ2n) is 14.0. The Balaban J connectivity index is 4.40. The lowest BCUT2D eigenvalue weighted by Gasteiger charge is -2.36. The van der Waals surface area contributed by atoms with Gasteiger partial charge in [0.1, 0.15) is 0 Å². The molecule has 3 amide bonds. The number of amides is 3. The van der Waals surface area contributed by atoms with Gasteiger partial charge in [-0.3, -0.25) is 14.4 Å². The van der Waals surface area contributed by atoms with Crippen LogP contribution < -0.4 is 16.0 Å². The third-order valence-corrected chi connectivity index (χ3v) is 15.5. The number of rotatable bonds is 19. The van der Waals surface area contributed by atoms with Crippen LogP contribution in [0.5, 0.6) is 0 Å². The van der Waals surface area contributed by atoms with Crippen LogP contribution in [-0.4, -0.2) is 133 Å². The zero-order chi connectivity index (χ0) is 29.8. The number of carbonyl (C=O) groups excluding carboxylic acids is 3. The van der Waals surface area contributed by atoms with Gasteiger partial charge in [0.15, 0.2) is 44.6 Å². The number of hydrogen-bond donors (Lipinski definition) is 3. The molecule has 0 saturated heterocycles. The van der Waals surface area contributed by atoms with Crippen molar-refractivity contribution in [2.75, 3.05) is 81.2 Å². The summed E-state index contributed by atoms with van der Waals surface area (Å²) in [7, 11) is 5.65. The smallest absolute Gasteiger partial charge is 0.275 e. The highest BCUT2D eigenvalue weighted by atomic mass is 28.4. The fourth-order valence-corrected chi connectivity index (χ4v) is 16.0. The summed E-state index contributed by atoms with van der Waals surface area (Å²) in [5, 5.41) is 8.63. The predicted molar refractivity (Wildman–Crippen MR) is 163 cm³/mol. The minimum absolute atomic E-state index is 0.0393. The molecule has 0 aromatic heterocycles. The van der Waals surface area contributed by atoms with Gasteiger partial charge in [0, 0.05) is 20.1 Å². The van der Waals surface area contributed by atoms with Gasteiger partial charge in [0.2, 0.25) is 0 Å². The number of likely N-dealkylation sites (N-methyl/N-ethyl adjacent to an activating group) is 3. The molecule has 0 heterocycles. The Hall–Kier alpha value is -1.10. The maximum atomic E-state index is 12.3. The summed E-state index contributed by atoms with van der Waals surface area (Å²) in [6.07, 6.45) is 2.49. The van der Waals surface area contributed by atoms with Crippen molar-refractivity contribution in [3.63, 3.8) is 0 Å². The second-order valence-corrected chi connectivity index (χ2v) is 26.9. The molecule has 0 aliphatic rings. The van der Waals surface area contributed by atoms with Gasteiger partial charge in [-0.25, -0.2) is 0 Å². The summed E-state index contributed by atoms with van der Waals surface area (Å²) in [4.78, 5) is 36.0. The number of nitrogens with one attached hydrogen (secondary N) is 3. The lowest BCUT2D eigenvalue weighted by molar-refractivity contribution is -0.874. The Labute approximate surface area is 235 Å². The van der Waals surface area contributed by atoms with Gasteiger partial charge in [0.25, 0.3) is 17.7 Å². The first kappa shape index (κ1) is 36.9. The van der Waals surface area contributed by atoms with E-state index in [9.17, 15) is 14.4 Å². The minimum atomic E-state index is -2.00. The third kappa shape index (κ3) is 19.9. The molecular weight excluding hydrogens is 535 g/mol. The molecule has 224 valence electrons. The monoisotopic (exact) mass is 593 g/mol. The van der Waals surface area contributed by atoms with E-state index < -0.39 is 25.0 Å². The van der Waals surface area contributed by atoms with Crippen molar-refractivity contribution < 1.29 is 31.9 Å². The Kier molecular flexibility index (Phi) is 15.2. The van der Waals surface area contributed by atoms with E-state index in [1.54, 1.807) is 7.05 Å². The number of nitrogens with zero attached hydrogens (tertiary/aromatic N) is 2. The van der Waals surface area contributed by atoms with Crippen molar-refractivity contribution in [3.8, 4) is 0 Å². The van der Waals surface area contributed by atoms with Crippen LogP contribution in [0.25, 0.3) is 0 Å². The van der Waals surface area contributed by atoms with Crippen LogP contribution in [0.2, 0.25) is 51.4 Å². The minimum Gasteiger partial charge on any atom is -0.454 e. The van der Waals surface area contributed by atoms with Crippen LogP contribution >= 0.6 is 0 Å². The van der Waals surface area contributed by atoms with Gasteiger partial charge >= 0.3 is 0 Å². The molecule has 0 unspecified atom stereocenters. The highest BCUT2D eigenvalue weighted by Crippen LogP contribution is 2.22. The average Bonchev–Trinajstić information content (AvgIpc) is 2.70. The quantitative estimate of drug-likeness (QED) is 0.120. The SMILES string of the molecule is CNC(=O)C[N+](C)(C)CC(=O)NCCC[Si](C)(C)O[Si](C)(C)CO[Si](C)(C)CCCNC(=O)C[N+](C)(C)C. The van der Waals surface area contributed by atoms with Crippen molar-refractivity contribution in [1.82, 2.24) is 16.0 Å². The molecule has 0 radical (unpaired) electrons. The van der Waals surface area contributed by atoms with E-state index in [4.69, 9.17) is 8.54 Å². The standard InChI is InChI=1S/C25H57N5O5Si3/c1-26-23(31)20-30(5,6)21-25(33)28-16-14-18-37(9,10)35-38(11,12)22-34-36(7,8)17-13-15-27-24(32)19-29(2,3)4/h13-22H2,1-12H3,(H-2,26,27,28,31,32,33)/p+2. The van der Waals surface area contributed by atoms with Crippen LogP contribution in [0.15, 0.2) is 0 Å². The predicted octanol–water partition coefficient (Wildman–Crippen LogP) is 1.72. The van der Waals surface area contributed by atoms with E-state index in [1.165, 1.54) is 0 Å². The van der Waals surface area contributed by atoms with E-state index in [0.717, 1.165) is 24.9 Å². The first-order valence-corrected chi connectivity index (χ1v) is 23.1. The van der Waals surface area contributed by atoms with Crippen molar-refractivity contribution in [2.45, 2.75) is 64.2 Å². The van der Waals surface area contributed by atoms with Crippen LogP contribution in [0.3, 0.4) is 0 Å². The maximum absolute atomic E-state index is 12.3. The lowest BCUT2D eigenvalue weighted by atomic mass is 10.3. The Morgan fingerprint density at radius 2 is 1.11 bits per heavy atom. The Morgan fingerprint density at radius 1 is 0.658 bits per heavy atom. The summed E-state index contributed by atoms with van der Waals surface area (Å²) in [5.74, 6) is -0.0211. The van der Waals surface area contributed by atoms with Gasteiger partial charge in [-0.1, -0.05) is 0 Å². The molecule has 0 rings (SSSR count). The van der Waals surface area contributed by atoms with Crippen LogP contribution in [0.4, 0.5) is 0 Å². The molecule has 0 bridgehead atoms. The van der Waals surface area contributed by atoms with Gasteiger partial charge in [-0.05, 0) is 64.2 Å². The van der Waals surface area contributed by atoms with Gasteiger partial charge in [-0.2, -0.15) is 0 Å². The molecule has 0 aliphatic heterocycles. The fourth-order valence-electron chi connectivity index (χ4n) is 4.21.